The van der Waals surface area contributed by atoms with E-state index in [1.54, 1.807) is 29.2 Å². The summed E-state index contributed by atoms with van der Waals surface area (Å²) >= 11 is 0. The summed E-state index contributed by atoms with van der Waals surface area (Å²) in [6.07, 6.45) is 0.848. The van der Waals surface area contributed by atoms with Crippen LogP contribution in [0.25, 0.3) is 0 Å². The second-order valence-electron chi connectivity index (χ2n) is 6.78. The van der Waals surface area contributed by atoms with Crippen LogP contribution >= 0.6 is 0 Å². The van der Waals surface area contributed by atoms with Crippen molar-refractivity contribution < 1.29 is 18.1 Å². The minimum atomic E-state index is -4.07. The van der Waals surface area contributed by atoms with Gasteiger partial charge in [0.05, 0.1) is 21.5 Å². The maximum Gasteiger partial charge on any atom is 0.293 e. The fourth-order valence-electron chi connectivity index (χ4n) is 2.92. The predicted molar refractivity (Wildman–Crippen MR) is 114 cm³/mol. The average Bonchev–Trinajstić information content (AvgIpc) is 2.73. The monoisotopic (exact) mass is 445 g/mol. The van der Waals surface area contributed by atoms with Gasteiger partial charge in [-0.15, -0.1) is 0 Å². The molecule has 0 unspecified atom stereocenters. The molecule has 0 saturated carbocycles. The fraction of sp³-hybridized carbons (Fsp3) is 0.300. The maximum atomic E-state index is 12.7. The number of nitriles is 1. The number of hydrogen-bond acceptors (Lipinski definition) is 7. The Morgan fingerprint density at radius 3 is 2.48 bits per heavy atom. The van der Waals surface area contributed by atoms with Crippen molar-refractivity contribution in [2.45, 2.75) is 31.2 Å². The molecule has 3 N–H and O–H groups in total. The smallest absolute Gasteiger partial charge is 0.293 e. The van der Waals surface area contributed by atoms with Crippen LogP contribution < -0.4 is 10.5 Å². The molecule has 0 radical (unpaired) electrons. The molecule has 0 bridgehead atoms. The molecule has 0 aliphatic heterocycles. The summed E-state index contributed by atoms with van der Waals surface area (Å²) < 4.78 is 22.8. The van der Waals surface area contributed by atoms with Gasteiger partial charge in [0.15, 0.2) is 0 Å². The third-order valence-corrected chi connectivity index (χ3v) is 5.36. The van der Waals surface area contributed by atoms with Gasteiger partial charge in [-0.1, -0.05) is 19.1 Å². The first-order chi connectivity index (χ1) is 14.7. The Bertz CT molecular complexity index is 1090. The van der Waals surface area contributed by atoms with Crippen molar-refractivity contribution in [3.8, 4) is 6.07 Å². The first-order valence-electron chi connectivity index (χ1n) is 9.47. The van der Waals surface area contributed by atoms with Crippen LogP contribution in [0.15, 0.2) is 47.4 Å². The molecule has 10 nitrogen and oxygen atoms in total. The summed E-state index contributed by atoms with van der Waals surface area (Å²) in [5.74, 6) is -0.137. The predicted octanol–water partition coefficient (Wildman–Crippen LogP) is 2.35. The number of amides is 1. The quantitative estimate of drug-likeness (QED) is 0.419. The average molecular weight is 446 g/mol. The van der Waals surface area contributed by atoms with Crippen molar-refractivity contribution in [1.82, 2.24) is 4.90 Å². The van der Waals surface area contributed by atoms with Gasteiger partial charge in [0.25, 0.3) is 5.69 Å². The minimum absolute atomic E-state index is 0.0877. The highest BCUT2D eigenvalue weighted by Gasteiger charge is 2.19. The topological polar surface area (TPSA) is 159 Å². The standard InChI is InChI=1S/C20H23N5O5S/c1-2-11-24(14-16-5-3-15(13-21)4-6-16)20(26)9-10-23-18-8-7-17(31(22,29)30)12-19(18)25(27)28/h3-8,12,23H,2,9-11,14H2,1H3,(H2,22,29,30). The number of benzene rings is 2. The summed E-state index contributed by atoms with van der Waals surface area (Å²) in [6, 6.07) is 12.3. The molecule has 164 valence electrons. The van der Waals surface area contributed by atoms with E-state index >= 15 is 0 Å². The Balaban J connectivity index is 2.04. The zero-order chi connectivity index (χ0) is 23.0. The number of rotatable bonds is 10. The number of carbonyl (C=O) groups excluding carboxylic acids is 1. The third kappa shape index (κ3) is 6.77. The highest BCUT2D eigenvalue weighted by atomic mass is 32.2. The summed E-state index contributed by atoms with van der Waals surface area (Å²) in [6.45, 7) is 3.01. The first-order valence-corrected chi connectivity index (χ1v) is 11.0. The SMILES string of the molecule is CCCN(Cc1ccc(C#N)cc1)C(=O)CCNc1ccc(S(N)(=O)=O)cc1[N+](=O)[O-]. The van der Waals surface area contributed by atoms with E-state index in [1.165, 1.54) is 12.1 Å². The van der Waals surface area contributed by atoms with Gasteiger partial charge in [0, 0.05) is 32.1 Å². The molecular weight excluding hydrogens is 422 g/mol. The number of nitro benzene ring substituents is 1. The lowest BCUT2D eigenvalue weighted by atomic mass is 10.1. The summed E-state index contributed by atoms with van der Waals surface area (Å²) in [5, 5.41) is 28.0. The summed E-state index contributed by atoms with van der Waals surface area (Å²) in [4.78, 5) is 24.5. The lowest BCUT2D eigenvalue weighted by molar-refractivity contribution is -0.384. The number of nitrogens with one attached hydrogen (secondary N) is 1. The number of nitrogens with two attached hydrogens (primary N) is 1. The zero-order valence-corrected chi connectivity index (χ0v) is 17.8. The molecule has 31 heavy (non-hydrogen) atoms. The normalized spacial score (nSPS) is 10.9. The molecule has 0 heterocycles. The molecule has 0 aliphatic carbocycles. The molecule has 0 aliphatic rings. The van der Waals surface area contributed by atoms with Crippen LogP contribution in [-0.4, -0.2) is 37.2 Å². The van der Waals surface area contributed by atoms with E-state index in [1.807, 2.05) is 13.0 Å². The third-order valence-electron chi connectivity index (χ3n) is 4.45. The molecule has 0 saturated heterocycles. The van der Waals surface area contributed by atoms with Crippen LogP contribution in [0.4, 0.5) is 11.4 Å². The van der Waals surface area contributed by atoms with Crippen molar-refractivity contribution in [2.24, 2.45) is 5.14 Å². The van der Waals surface area contributed by atoms with E-state index in [0.29, 0.717) is 18.7 Å². The van der Waals surface area contributed by atoms with Crippen molar-refractivity contribution in [3.05, 3.63) is 63.7 Å². The Morgan fingerprint density at radius 2 is 1.94 bits per heavy atom. The van der Waals surface area contributed by atoms with Crippen molar-refractivity contribution in [3.63, 3.8) is 0 Å². The van der Waals surface area contributed by atoms with Crippen molar-refractivity contribution in [1.29, 1.82) is 5.26 Å². The molecule has 2 aromatic carbocycles. The maximum absolute atomic E-state index is 12.7. The first kappa shape index (κ1) is 23.8. The van der Waals surface area contributed by atoms with Crippen LogP contribution in [0.5, 0.6) is 0 Å². The fourth-order valence-corrected chi connectivity index (χ4v) is 3.45. The van der Waals surface area contributed by atoms with Crippen LogP contribution in [-0.2, 0) is 21.4 Å². The lowest BCUT2D eigenvalue weighted by Gasteiger charge is -2.22. The van der Waals surface area contributed by atoms with Gasteiger partial charge in [-0.3, -0.25) is 14.9 Å². The Labute approximate surface area is 180 Å². The summed E-state index contributed by atoms with van der Waals surface area (Å²) in [7, 11) is -4.07. The van der Waals surface area contributed by atoms with Gasteiger partial charge < -0.3 is 10.2 Å². The van der Waals surface area contributed by atoms with Crippen LogP contribution in [0.3, 0.4) is 0 Å². The van der Waals surface area contributed by atoms with Crippen molar-refractivity contribution >= 4 is 27.3 Å². The Kier molecular flexibility index (Phi) is 8.07. The molecule has 0 atom stereocenters. The second kappa shape index (κ2) is 10.5. The van der Waals surface area contributed by atoms with Gasteiger partial charge in [0.1, 0.15) is 5.69 Å². The zero-order valence-electron chi connectivity index (χ0n) is 16.9. The number of primary sulfonamides is 1. The molecule has 2 rings (SSSR count). The Hall–Kier alpha value is -3.49. The number of nitro groups is 1. The van der Waals surface area contributed by atoms with E-state index in [0.717, 1.165) is 18.1 Å². The van der Waals surface area contributed by atoms with Crippen LogP contribution in [0.1, 0.15) is 30.9 Å². The number of hydrogen-bond donors (Lipinski definition) is 2. The van der Waals surface area contributed by atoms with Gasteiger partial charge in [0.2, 0.25) is 15.9 Å². The van der Waals surface area contributed by atoms with Crippen LogP contribution in [0.2, 0.25) is 0 Å². The van der Waals surface area contributed by atoms with Gasteiger partial charge in [-0.25, -0.2) is 13.6 Å². The highest BCUT2D eigenvalue weighted by molar-refractivity contribution is 7.89. The van der Waals surface area contributed by atoms with Crippen LogP contribution in [0, 0.1) is 21.4 Å². The van der Waals surface area contributed by atoms with E-state index in [-0.39, 0.29) is 29.5 Å². The number of anilines is 1. The molecule has 0 aromatic heterocycles. The molecule has 0 fully saturated rings. The molecule has 0 spiro atoms. The van der Waals surface area contributed by atoms with Crippen molar-refractivity contribution in [2.75, 3.05) is 18.4 Å². The Morgan fingerprint density at radius 1 is 1.26 bits per heavy atom. The molecule has 11 heteroatoms. The molecule has 2 aromatic rings. The van der Waals surface area contributed by atoms with E-state index in [9.17, 15) is 23.3 Å². The number of carbonyl (C=O) groups is 1. The van der Waals surface area contributed by atoms with E-state index < -0.39 is 20.6 Å². The van der Waals surface area contributed by atoms with Gasteiger partial charge >= 0.3 is 0 Å². The summed E-state index contributed by atoms with van der Waals surface area (Å²) in [5.41, 5.74) is 1.08. The lowest BCUT2D eigenvalue weighted by Crippen LogP contribution is -2.32. The second-order valence-corrected chi connectivity index (χ2v) is 8.34. The van der Waals surface area contributed by atoms with Gasteiger partial charge in [-0.05, 0) is 36.2 Å². The number of nitrogens with zero attached hydrogens (tertiary/aromatic N) is 3. The van der Waals surface area contributed by atoms with E-state index in [2.05, 4.69) is 5.32 Å². The minimum Gasteiger partial charge on any atom is -0.379 e. The van der Waals surface area contributed by atoms with Gasteiger partial charge in [-0.2, -0.15) is 5.26 Å². The number of sulfonamides is 1. The molecule has 1 amide bonds. The highest BCUT2D eigenvalue weighted by Crippen LogP contribution is 2.27. The van der Waals surface area contributed by atoms with E-state index in [4.69, 9.17) is 10.4 Å². The largest absolute Gasteiger partial charge is 0.379 e. The molecular formula is C20H23N5O5S.